The summed E-state index contributed by atoms with van der Waals surface area (Å²) >= 11 is 0. The summed E-state index contributed by atoms with van der Waals surface area (Å²) in [5.74, 6) is 2.72. The van der Waals surface area contributed by atoms with Crippen molar-refractivity contribution in [3.8, 4) is 78.6 Å². The van der Waals surface area contributed by atoms with Gasteiger partial charge >= 0.3 is 0 Å². The van der Waals surface area contributed by atoms with Crippen LogP contribution in [0.1, 0.15) is 22.3 Å². The van der Waals surface area contributed by atoms with E-state index in [1.165, 1.54) is 44.5 Å². The van der Waals surface area contributed by atoms with Crippen molar-refractivity contribution in [3.63, 3.8) is 0 Å². The molecule has 0 saturated carbocycles. The van der Waals surface area contributed by atoms with Gasteiger partial charge in [0.1, 0.15) is 0 Å². The number of rotatable bonds is 6. The first-order valence-corrected chi connectivity index (χ1v) is 21.7. The van der Waals surface area contributed by atoms with E-state index in [0.29, 0.717) is 17.2 Å². The minimum absolute atomic E-state index is 0.528. The van der Waals surface area contributed by atoms with Gasteiger partial charge in [0.25, 0.3) is 0 Å². The molecule has 0 bridgehead atoms. The molecule has 3 heteroatoms. The molecule has 1 heterocycles. The summed E-state index contributed by atoms with van der Waals surface area (Å²) in [7, 11) is 0. The number of hydrogen-bond donors (Lipinski definition) is 0. The van der Waals surface area contributed by atoms with E-state index in [1.54, 1.807) is 0 Å². The normalized spacial score (nSPS) is 12.9. The molecule has 0 saturated heterocycles. The monoisotopic (exact) mass is 815 g/mol. The van der Waals surface area contributed by atoms with Gasteiger partial charge in [-0.2, -0.15) is 0 Å². The summed E-state index contributed by atoms with van der Waals surface area (Å²) in [5.41, 5.74) is 18.6. The number of hydrogen-bond acceptors (Lipinski definition) is 3. The molecule has 10 aromatic rings. The van der Waals surface area contributed by atoms with Gasteiger partial charge in [0.2, 0.25) is 0 Å². The lowest BCUT2D eigenvalue weighted by Crippen LogP contribution is -2.25. The molecule has 64 heavy (non-hydrogen) atoms. The summed E-state index contributed by atoms with van der Waals surface area (Å²) in [5, 5.41) is 0. The fourth-order valence-electron chi connectivity index (χ4n) is 10.4. The standard InChI is InChI=1S/C61H37NO2/c1-3-15-40(16-4-1)42-29-31-44(32-30-42)45-19-13-20-47(39-45)62(46-35-33-43(34-36-46)41-17-5-2-6-18-41)55-27-14-28-56-59(55)63-57-38-37-54-58(60(57)64-56)50-23-9-12-26-53(50)61(54)51-24-10-7-21-48(51)49-22-8-11-25-52(49)61/h1-7,9-21,23-39H. The molecule has 0 fully saturated rings. The van der Waals surface area contributed by atoms with E-state index in [9.17, 15) is 0 Å². The Morgan fingerprint density at radius 1 is 0.375 bits per heavy atom. The van der Waals surface area contributed by atoms with E-state index in [4.69, 9.17) is 9.47 Å². The Morgan fingerprint density at radius 3 is 1.67 bits per heavy atom. The lowest BCUT2D eigenvalue weighted by molar-refractivity contribution is 0.361. The van der Waals surface area contributed by atoms with E-state index in [2.05, 4.69) is 229 Å². The Morgan fingerprint density at radius 2 is 0.938 bits per heavy atom. The van der Waals surface area contributed by atoms with Crippen LogP contribution in [0.5, 0.6) is 23.0 Å². The lowest BCUT2D eigenvalue weighted by atomic mass is 9.70. The van der Waals surface area contributed by atoms with E-state index < -0.39 is 5.41 Å². The molecule has 1 atom stereocenters. The highest BCUT2D eigenvalue weighted by Gasteiger charge is 2.53. The van der Waals surface area contributed by atoms with Crippen LogP contribution in [0.3, 0.4) is 0 Å². The topological polar surface area (TPSA) is 21.7 Å². The minimum Gasteiger partial charge on any atom is -0.449 e. The number of benzene rings is 9. The zero-order chi connectivity index (χ0) is 42.2. The van der Waals surface area contributed by atoms with Crippen molar-refractivity contribution in [3.05, 3.63) is 259 Å². The second-order valence-electron chi connectivity index (χ2n) is 16.6. The number of anilines is 3. The molecule has 1 aliphatic heterocycles. The Balaban J connectivity index is 0.943. The fraction of sp³-hybridized carbons (Fsp3) is 0.0164. The maximum absolute atomic E-state index is 7.17. The highest BCUT2D eigenvalue weighted by Crippen LogP contribution is 2.66. The zero-order valence-corrected chi connectivity index (χ0v) is 34.6. The van der Waals surface area contributed by atoms with Crippen LogP contribution in [0, 0.1) is 12.1 Å². The molecule has 3 aliphatic rings. The predicted octanol–water partition coefficient (Wildman–Crippen LogP) is 16.0. The zero-order valence-electron chi connectivity index (χ0n) is 34.6. The molecule has 0 radical (unpaired) electrons. The third-order valence-corrected chi connectivity index (χ3v) is 13.2. The SMILES string of the molecule is c1ccc2c(c#1)-c1ccccc1C21c2ccccc2-c2c1ccc1c2Oc2cccc(N(c3ccc(-c4ccccc4)cc3)c3cccc(-c4ccc(-c5ccccc5)cc4)c3)c2O1. The first-order chi connectivity index (χ1) is 31.7. The van der Waals surface area contributed by atoms with E-state index in [-0.39, 0.29) is 0 Å². The highest BCUT2D eigenvalue weighted by atomic mass is 16.6. The average molecular weight is 816 g/mol. The fourth-order valence-corrected chi connectivity index (χ4v) is 10.4. The predicted molar refractivity (Wildman–Crippen MR) is 258 cm³/mol. The molecular weight excluding hydrogens is 779 g/mol. The molecule has 1 unspecified atom stereocenters. The van der Waals surface area contributed by atoms with Crippen LogP contribution in [0.4, 0.5) is 17.1 Å². The molecule has 3 nitrogen and oxygen atoms in total. The smallest absolute Gasteiger partial charge is 0.194 e. The van der Waals surface area contributed by atoms with Crippen LogP contribution in [0.2, 0.25) is 0 Å². The van der Waals surface area contributed by atoms with Crippen molar-refractivity contribution < 1.29 is 9.47 Å². The third kappa shape index (κ3) is 5.36. The summed E-state index contributed by atoms with van der Waals surface area (Å²) in [6.07, 6.45) is 0. The number of ether oxygens (including phenoxy) is 2. The quantitative estimate of drug-likeness (QED) is 0.167. The van der Waals surface area contributed by atoms with Gasteiger partial charge in [-0.05, 0) is 121 Å². The number of para-hydroxylation sites is 1. The Labute approximate surface area is 372 Å². The van der Waals surface area contributed by atoms with Gasteiger partial charge in [0.15, 0.2) is 23.0 Å². The van der Waals surface area contributed by atoms with Crippen LogP contribution in [0.15, 0.2) is 224 Å². The molecular formula is C61H37NO2. The van der Waals surface area contributed by atoms with Crippen molar-refractivity contribution >= 4 is 17.1 Å². The second kappa shape index (κ2) is 14.2. The van der Waals surface area contributed by atoms with Gasteiger partial charge in [0, 0.05) is 22.5 Å². The maximum atomic E-state index is 7.17. The summed E-state index contributed by atoms with van der Waals surface area (Å²) in [6, 6.07) is 86.3. The summed E-state index contributed by atoms with van der Waals surface area (Å²) in [4.78, 5) is 2.28. The van der Waals surface area contributed by atoms with Crippen molar-refractivity contribution in [1.29, 1.82) is 0 Å². The number of nitrogens with zero attached hydrogens (tertiary/aromatic N) is 1. The van der Waals surface area contributed by atoms with Gasteiger partial charge < -0.3 is 14.4 Å². The van der Waals surface area contributed by atoms with Crippen LogP contribution in [-0.4, -0.2) is 0 Å². The molecule has 0 N–H and O–H groups in total. The Bertz CT molecular complexity index is 3380. The van der Waals surface area contributed by atoms with Gasteiger partial charge in [0.05, 0.1) is 11.1 Å². The van der Waals surface area contributed by atoms with Crippen LogP contribution < -0.4 is 14.4 Å². The molecule has 0 aromatic heterocycles. The highest BCUT2D eigenvalue weighted by molar-refractivity contribution is 5.98. The summed E-state index contributed by atoms with van der Waals surface area (Å²) < 4.78 is 14.3. The molecule has 0 amide bonds. The van der Waals surface area contributed by atoms with Crippen molar-refractivity contribution in [2.75, 3.05) is 4.90 Å². The van der Waals surface area contributed by atoms with E-state index in [0.717, 1.165) is 56.2 Å². The minimum atomic E-state index is -0.528. The first-order valence-electron chi connectivity index (χ1n) is 21.7. The van der Waals surface area contributed by atoms with Gasteiger partial charge in [-0.1, -0.05) is 182 Å². The third-order valence-electron chi connectivity index (χ3n) is 13.2. The van der Waals surface area contributed by atoms with E-state index >= 15 is 0 Å². The van der Waals surface area contributed by atoms with Crippen molar-refractivity contribution in [1.82, 2.24) is 0 Å². The lowest BCUT2D eigenvalue weighted by Gasteiger charge is -2.32. The van der Waals surface area contributed by atoms with Crippen LogP contribution in [-0.2, 0) is 5.41 Å². The van der Waals surface area contributed by atoms with Crippen LogP contribution >= 0.6 is 0 Å². The second-order valence-corrected chi connectivity index (χ2v) is 16.6. The number of fused-ring (bicyclic) bond motifs is 13. The van der Waals surface area contributed by atoms with E-state index in [1.807, 2.05) is 12.1 Å². The summed E-state index contributed by atoms with van der Waals surface area (Å²) in [6.45, 7) is 0. The molecule has 10 aromatic carbocycles. The molecule has 298 valence electrons. The maximum Gasteiger partial charge on any atom is 0.194 e. The molecule has 1 spiro atoms. The largest absolute Gasteiger partial charge is 0.449 e. The van der Waals surface area contributed by atoms with Crippen molar-refractivity contribution in [2.24, 2.45) is 0 Å². The Kier molecular flexibility index (Phi) is 8.04. The molecule has 2 aliphatic carbocycles. The average Bonchev–Trinajstić information content (AvgIpc) is 3.85. The van der Waals surface area contributed by atoms with Gasteiger partial charge in [-0.3, -0.25) is 0 Å². The first kappa shape index (κ1) is 36.1. The Hall–Kier alpha value is -8.58. The van der Waals surface area contributed by atoms with Gasteiger partial charge in [-0.15, -0.1) is 0 Å². The van der Waals surface area contributed by atoms with Crippen LogP contribution in [0.25, 0.3) is 55.6 Å². The van der Waals surface area contributed by atoms with Gasteiger partial charge in [-0.25, -0.2) is 0 Å². The van der Waals surface area contributed by atoms with Crippen molar-refractivity contribution in [2.45, 2.75) is 5.41 Å². The molecule has 13 rings (SSSR count).